The molecule has 0 aromatic rings. The molecule has 4 heavy (non-hydrogen) atoms. The quantitative estimate of drug-likeness (QED) is 0.383. The van der Waals surface area contributed by atoms with Crippen LogP contribution >= 0.6 is 0 Å². The van der Waals surface area contributed by atoms with Gasteiger partial charge >= 0.3 is 7.05 Å². The number of nitrogens with two attached hydrogens (primary N) is 1. The molecule has 0 radical (unpaired) electrons. The molecule has 0 heterocycles. The number of hydrogen-bond donors (Lipinski definition) is 2. The van der Waals surface area contributed by atoms with E-state index in [0.717, 1.165) is 0 Å². The van der Waals surface area contributed by atoms with E-state index in [2.05, 4.69) is 0 Å². The zero-order valence-corrected chi connectivity index (χ0v) is 2.52. The van der Waals surface area contributed by atoms with Crippen LogP contribution in [0.1, 0.15) is 0 Å². The normalized spacial score (nSPS) is 10.0. The van der Waals surface area contributed by atoms with Crippen molar-refractivity contribution in [3.05, 3.63) is 0 Å². The van der Waals surface area contributed by atoms with E-state index in [4.69, 9.17) is 6.44 Å². The SMILES string of the molecule is [2H]NB(C)O. The van der Waals surface area contributed by atoms with Crippen LogP contribution in [0.3, 0.4) is 0 Å². The lowest BCUT2D eigenvalue weighted by Gasteiger charge is -1.72. The summed E-state index contributed by atoms with van der Waals surface area (Å²) in [5.74, 6) is 0. The third-order valence-electron chi connectivity index (χ3n) is 0. The molecule has 24 valence electrons. The van der Waals surface area contributed by atoms with Gasteiger partial charge in [0.2, 0.25) is 0 Å². The highest BCUT2D eigenvalue weighted by molar-refractivity contribution is 6.44. The van der Waals surface area contributed by atoms with Crippen molar-refractivity contribution in [1.82, 2.24) is 0 Å². The van der Waals surface area contributed by atoms with Crippen LogP contribution in [0.25, 0.3) is 0 Å². The van der Waals surface area contributed by atoms with Gasteiger partial charge < -0.3 is 10.7 Å². The molecule has 0 spiro atoms. The van der Waals surface area contributed by atoms with Crippen LogP contribution in [0.15, 0.2) is 0 Å². The molecular weight excluding hydrogens is 52.8 g/mol. The molecule has 0 aliphatic rings. The summed E-state index contributed by atoms with van der Waals surface area (Å²) in [5.41, 5.74) is 1.83. The van der Waals surface area contributed by atoms with E-state index in [0.29, 0.717) is 0 Å². The first kappa shape index (κ1) is 2.24. The smallest absolute Gasteiger partial charge is 0.370 e. The Balaban J connectivity index is 2.54. The highest BCUT2D eigenvalue weighted by atomic mass is 16.2. The Hall–Kier alpha value is -0.0151. The lowest BCUT2D eigenvalue weighted by atomic mass is 9.92. The predicted octanol–water partition coefficient (Wildman–Crippen LogP) is -0.945. The number of rotatable bonds is 1. The highest BCUT2D eigenvalue weighted by Gasteiger charge is 1.82. The second-order valence-corrected chi connectivity index (χ2v) is 0.676. The van der Waals surface area contributed by atoms with Gasteiger partial charge in [0.25, 0.3) is 0 Å². The van der Waals surface area contributed by atoms with Crippen molar-refractivity contribution >= 4 is 7.05 Å². The average Bonchev–Trinajstić information content (AvgIpc) is 1.38. The van der Waals surface area contributed by atoms with Gasteiger partial charge in [-0.1, -0.05) is 0 Å². The topological polar surface area (TPSA) is 46.2 Å². The lowest BCUT2D eigenvalue weighted by Crippen LogP contribution is -2.18. The van der Waals surface area contributed by atoms with E-state index in [9.17, 15) is 0 Å². The Morgan fingerprint density at radius 1 is 2.50 bits per heavy atom. The van der Waals surface area contributed by atoms with Crippen LogP contribution in [0.4, 0.5) is 0 Å². The van der Waals surface area contributed by atoms with E-state index >= 15 is 0 Å². The minimum Gasteiger partial charge on any atom is -0.438 e. The molecule has 0 rings (SSSR count). The summed E-state index contributed by atoms with van der Waals surface area (Å²) in [5, 5.41) is 8.06. The van der Waals surface area contributed by atoms with Crippen molar-refractivity contribution in [3.8, 4) is 0 Å². The van der Waals surface area contributed by atoms with Crippen LogP contribution in [0, 0.1) is 0 Å². The first-order valence-electron chi connectivity index (χ1n) is 1.62. The number of hydrogen-bond acceptors (Lipinski definition) is 2. The summed E-state index contributed by atoms with van der Waals surface area (Å²) < 4.78 is 6.16. The summed E-state index contributed by atoms with van der Waals surface area (Å²) in [4.78, 5) is 0. The van der Waals surface area contributed by atoms with E-state index in [1.165, 1.54) is 6.82 Å². The molecule has 0 saturated carbocycles. The largest absolute Gasteiger partial charge is 0.438 e. The van der Waals surface area contributed by atoms with Crippen LogP contribution in [0.2, 0.25) is 8.23 Å². The second kappa shape index (κ2) is 1.32. The molecule has 0 saturated heterocycles. The molecule has 0 atom stereocenters. The third-order valence-corrected chi connectivity index (χ3v) is 0. The maximum absolute atomic E-state index is 8.06. The summed E-state index contributed by atoms with van der Waals surface area (Å²) in [6.45, 7) is 1.48. The Bertz CT molecular complexity index is 25.6. The molecule has 3 heteroatoms. The zero-order valence-electron chi connectivity index (χ0n) is 3.52. The molecule has 3 N–H and O–H groups in total. The van der Waals surface area contributed by atoms with E-state index in [1.807, 2.05) is 5.64 Å². The molecule has 0 fully saturated rings. The van der Waals surface area contributed by atoms with Crippen molar-refractivity contribution in [2.45, 2.75) is 6.82 Å². The van der Waals surface area contributed by atoms with Gasteiger partial charge in [-0.15, -0.1) is 0 Å². The maximum atomic E-state index is 8.06. The molecule has 0 bridgehead atoms. The first-order valence-corrected chi connectivity index (χ1v) is 1.12. The molecule has 0 aliphatic carbocycles. The van der Waals surface area contributed by atoms with Gasteiger partial charge in [-0.05, 0) is 6.82 Å². The van der Waals surface area contributed by atoms with Gasteiger partial charge in [0, 0.05) is 0 Å². The summed E-state index contributed by atoms with van der Waals surface area (Å²) in [7, 11) is -0.699. The fourth-order valence-electron chi connectivity index (χ4n) is 0. The van der Waals surface area contributed by atoms with Crippen molar-refractivity contribution in [3.63, 3.8) is 0 Å². The van der Waals surface area contributed by atoms with Crippen LogP contribution in [-0.4, -0.2) is 12.1 Å². The molecular formula is CH6BNO. The van der Waals surface area contributed by atoms with Crippen molar-refractivity contribution < 1.29 is 6.44 Å². The van der Waals surface area contributed by atoms with Crippen molar-refractivity contribution in [2.24, 2.45) is 5.64 Å². The lowest BCUT2D eigenvalue weighted by molar-refractivity contribution is 0.581. The van der Waals surface area contributed by atoms with Gasteiger partial charge in [-0.2, -0.15) is 0 Å². The predicted molar refractivity (Wildman–Crippen MR) is 18.0 cm³/mol. The minimum absolute atomic E-state index is 0.699. The zero-order chi connectivity index (χ0) is 4.28. The summed E-state index contributed by atoms with van der Waals surface area (Å²) in [6.07, 6.45) is 0. The molecule has 0 aromatic carbocycles. The van der Waals surface area contributed by atoms with Crippen LogP contribution in [0.5, 0.6) is 0 Å². The standard InChI is InChI=1S/CH6BNO/c1-2(3)4/h4H,3H2,1H3/i3D. The second-order valence-electron chi connectivity index (χ2n) is 0.676. The Morgan fingerprint density at radius 2 is 2.75 bits per heavy atom. The maximum Gasteiger partial charge on any atom is 0.370 e. The molecule has 0 unspecified atom stereocenters. The Kier molecular flexibility index (Phi) is 0.738. The monoisotopic (exact) mass is 60.1 g/mol. The van der Waals surface area contributed by atoms with Crippen molar-refractivity contribution in [2.75, 3.05) is 0 Å². The van der Waals surface area contributed by atoms with Crippen molar-refractivity contribution in [1.29, 1.82) is 0 Å². The minimum atomic E-state index is -0.699. The third kappa shape index (κ3) is 8480. The average molecular weight is 59.9 g/mol. The highest BCUT2D eigenvalue weighted by Crippen LogP contribution is 1.43. The Labute approximate surface area is 27.2 Å². The van der Waals surface area contributed by atoms with Gasteiger partial charge in [0.15, 0.2) is 0 Å². The van der Waals surface area contributed by atoms with E-state index in [-0.39, 0.29) is 0 Å². The van der Waals surface area contributed by atoms with E-state index < -0.39 is 7.05 Å². The van der Waals surface area contributed by atoms with E-state index in [1.54, 1.807) is 0 Å². The van der Waals surface area contributed by atoms with Gasteiger partial charge in [0.05, 0.1) is 0 Å². The molecule has 0 amide bonds. The molecule has 0 aromatic heterocycles. The van der Waals surface area contributed by atoms with Crippen LogP contribution < -0.4 is 5.64 Å². The summed E-state index contributed by atoms with van der Waals surface area (Å²) >= 11 is 0. The molecule has 2 nitrogen and oxygen atoms in total. The molecule has 0 aliphatic heterocycles. The van der Waals surface area contributed by atoms with Gasteiger partial charge in [0.1, 0.15) is 1.41 Å². The fraction of sp³-hybridized carbons (Fsp3) is 1.00. The van der Waals surface area contributed by atoms with Gasteiger partial charge in [-0.3, -0.25) is 0 Å². The van der Waals surface area contributed by atoms with Gasteiger partial charge in [-0.25, -0.2) is 0 Å². The van der Waals surface area contributed by atoms with Crippen LogP contribution in [-0.2, 0) is 0 Å². The Morgan fingerprint density at radius 3 is 2.75 bits per heavy atom. The fourth-order valence-corrected chi connectivity index (χ4v) is 0. The summed E-state index contributed by atoms with van der Waals surface area (Å²) in [6, 6.07) is 0. The first-order chi connectivity index (χ1) is 2.27.